The van der Waals surface area contributed by atoms with Gasteiger partial charge >= 0.3 is 35.8 Å². The van der Waals surface area contributed by atoms with Gasteiger partial charge in [-0.15, -0.1) is 18.1 Å². The standard InChI is InChI=1S/C6H7.2CO.Mo/c1-6-4-2-3-5-6;2*1-2;/h2-6H,1H2;;;/q-1;;;. The van der Waals surface area contributed by atoms with Crippen LogP contribution in [0, 0.1) is 12.8 Å². The smallest absolute Gasteiger partial charge is 0.0687 e. The predicted octanol–water partition coefficient (Wildman–Crippen LogP) is 0.766. The molecule has 0 saturated heterocycles. The van der Waals surface area contributed by atoms with Crippen LogP contribution in [0.2, 0.25) is 0 Å². The molecule has 0 aliphatic heterocycles. The Hall–Kier alpha value is -0.672. The van der Waals surface area contributed by atoms with E-state index in [9.17, 15) is 0 Å². The van der Waals surface area contributed by atoms with Gasteiger partial charge in [0.2, 0.25) is 0 Å². The Kier molecular flexibility index (Phi) is 6.98. The fraction of sp³-hybridized carbons (Fsp3) is 0.125. The molecule has 0 unspecified atom stereocenters. The summed E-state index contributed by atoms with van der Waals surface area (Å²) in [5, 5.41) is 0. The summed E-state index contributed by atoms with van der Waals surface area (Å²) in [7, 11) is 0. The Morgan fingerprint density at radius 2 is 1.64 bits per heavy atom. The van der Waals surface area contributed by atoms with Crippen LogP contribution >= 0.6 is 0 Å². The maximum Gasteiger partial charge on any atom is -0.0687 e. The third-order valence-corrected chi connectivity index (χ3v) is 1.32. The quantitative estimate of drug-likeness (QED) is 0.455. The molecule has 0 atom stereocenters. The average Bonchev–Trinajstić information content (AvgIpc) is 2.43. The van der Waals surface area contributed by atoms with Crippen LogP contribution in [0.1, 0.15) is 0 Å². The van der Waals surface area contributed by atoms with Crippen molar-refractivity contribution in [2.24, 2.45) is 5.92 Å². The molecule has 11 heavy (non-hydrogen) atoms. The van der Waals surface area contributed by atoms with E-state index >= 15 is 0 Å². The number of rotatable bonds is 0. The van der Waals surface area contributed by atoms with Crippen molar-refractivity contribution in [3.8, 4) is 0 Å². The zero-order valence-corrected chi connectivity index (χ0v) is 7.83. The van der Waals surface area contributed by atoms with E-state index in [1.54, 1.807) is 0 Å². The van der Waals surface area contributed by atoms with Crippen LogP contribution in [0.5, 0.6) is 0 Å². The van der Waals surface area contributed by atoms with Crippen molar-refractivity contribution in [3.63, 3.8) is 0 Å². The second kappa shape index (κ2) is 7.44. The molecule has 0 radical (unpaired) electrons. The van der Waals surface area contributed by atoms with Gasteiger partial charge in [-0.2, -0.15) is 0 Å². The Labute approximate surface area is 73.2 Å². The molecule has 0 spiro atoms. The third-order valence-electron chi connectivity index (χ3n) is 0.911. The summed E-state index contributed by atoms with van der Waals surface area (Å²) >= 11 is -1.12. The molecule has 0 fully saturated rings. The Bertz CT molecular complexity index is 238. The van der Waals surface area contributed by atoms with Crippen molar-refractivity contribution in [2.75, 3.05) is 0 Å². The van der Waals surface area contributed by atoms with Crippen LogP contribution in [-0.2, 0) is 27.2 Å². The molecule has 58 valence electrons. The van der Waals surface area contributed by atoms with Gasteiger partial charge in [0.15, 0.2) is 0 Å². The van der Waals surface area contributed by atoms with Gasteiger partial charge in [0.1, 0.15) is 0 Å². The van der Waals surface area contributed by atoms with Gasteiger partial charge < -0.3 is 6.92 Å². The van der Waals surface area contributed by atoms with Crippen LogP contribution in [0.3, 0.4) is 0 Å². The molecule has 0 N–H and O–H groups in total. The van der Waals surface area contributed by atoms with Crippen LogP contribution in [0.25, 0.3) is 0 Å². The fourth-order valence-electron chi connectivity index (χ4n) is 0.495. The van der Waals surface area contributed by atoms with Crippen molar-refractivity contribution in [3.05, 3.63) is 31.2 Å². The molecule has 1 aliphatic carbocycles. The molecule has 0 amide bonds. The van der Waals surface area contributed by atoms with Gasteiger partial charge in [-0.25, -0.2) is 0 Å². The van der Waals surface area contributed by atoms with Crippen molar-refractivity contribution in [1.82, 2.24) is 0 Å². The molecule has 3 heteroatoms. The van der Waals surface area contributed by atoms with Crippen molar-refractivity contribution in [1.29, 1.82) is 0 Å². The molecule has 0 aromatic heterocycles. The zero-order valence-electron chi connectivity index (χ0n) is 5.82. The van der Waals surface area contributed by atoms with E-state index in [0.717, 1.165) is 0 Å². The average molecular weight is 231 g/mol. The Morgan fingerprint density at radius 3 is 1.73 bits per heavy atom. The van der Waals surface area contributed by atoms with Crippen LogP contribution in [0.4, 0.5) is 0 Å². The summed E-state index contributed by atoms with van der Waals surface area (Å²) in [6.07, 6.45) is 8.13. The summed E-state index contributed by atoms with van der Waals surface area (Å²) in [5.41, 5.74) is 0. The molecule has 1 rings (SSSR count). The minimum absolute atomic E-state index is 0.435. The number of allylic oxidation sites excluding steroid dienone is 4. The minimum Gasteiger partial charge on any atom is -0.333 e. The van der Waals surface area contributed by atoms with Gasteiger partial charge in [0.05, 0.1) is 0 Å². The van der Waals surface area contributed by atoms with E-state index in [4.69, 9.17) is 9.59 Å². The first kappa shape index (κ1) is 10.3. The molecule has 0 saturated carbocycles. The predicted molar refractivity (Wildman–Crippen MR) is 38.5 cm³/mol. The number of hydrogen-bond donors (Lipinski definition) is 0. The van der Waals surface area contributed by atoms with Crippen molar-refractivity contribution >= 4 is 8.53 Å². The zero-order chi connectivity index (χ0) is 8.53. The first-order valence-corrected chi connectivity index (χ1v) is 4.90. The van der Waals surface area contributed by atoms with E-state index < -0.39 is 17.6 Å². The maximum atomic E-state index is 9.08. The summed E-state index contributed by atoms with van der Waals surface area (Å²) in [5.74, 6) is 0.435. The van der Waals surface area contributed by atoms with Crippen LogP contribution in [0.15, 0.2) is 24.3 Å². The van der Waals surface area contributed by atoms with Crippen molar-refractivity contribution < 1.29 is 27.2 Å². The molecule has 2 nitrogen and oxygen atoms in total. The van der Waals surface area contributed by atoms with Gasteiger partial charge in [-0.3, -0.25) is 0 Å². The second-order valence-electron chi connectivity index (χ2n) is 1.70. The first-order valence-electron chi connectivity index (χ1n) is 2.89. The third kappa shape index (κ3) is 7.22. The molecule has 0 aromatic rings. The van der Waals surface area contributed by atoms with Gasteiger partial charge in [0.25, 0.3) is 0 Å². The van der Waals surface area contributed by atoms with E-state index in [1.807, 2.05) is 12.2 Å². The fourth-order valence-corrected chi connectivity index (χ4v) is 0.579. The summed E-state index contributed by atoms with van der Waals surface area (Å²) < 4.78 is 2.95. The first-order chi connectivity index (χ1) is 5.31. The molecule has 1 aliphatic rings. The van der Waals surface area contributed by atoms with Crippen molar-refractivity contribution in [2.45, 2.75) is 0 Å². The van der Waals surface area contributed by atoms with Gasteiger partial charge in [-0.1, -0.05) is 12.2 Å². The largest absolute Gasteiger partial charge is 0.333 e. The second-order valence-corrected chi connectivity index (χ2v) is 3.02. The molecular formula is C8H7MoO2-. The Morgan fingerprint density at radius 1 is 1.18 bits per heavy atom. The normalized spacial score (nSPS) is 12.8. The van der Waals surface area contributed by atoms with Gasteiger partial charge in [0, 0.05) is 0 Å². The van der Waals surface area contributed by atoms with E-state index in [0.29, 0.717) is 5.92 Å². The summed E-state index contributed by atoms with van der Waals surface area (Å²) in [6, 6.07) is 0. The van der Waals surface area contributed by atoms with Crippen LogP contribution < -0.4 is 0 Å². The number of hydrogen-bond acceptors (Lipinski definition) is 2. The molecule has 0 aromatic carbocycles. The molecule has 0 bridgehead atoms. The topological polar surface area (TPSA) is 34.1 Å². The molecule has 0 heterocycles. The SMILES string of the molecule is O=[C]=[Mo]=[C]=O.[CH2-]C1C=CC=C1. The summed E-state index contributed by atoms with van der Waals surface area (Å²) in [6.45, 7) is 3.76. The molecular weight excluding hydrogens is 224 g/mol. The minimum atomic E-state index is -1.12. The monoisotopic (exact) mass is 233 g/mol. The van der Waals surface area contributed by atoms with E-state index in [2.05, 4.69) is 19.1 Å². The van der Waals surface area contributed by atoms with Gasteiger partial charge in [-0.05, 0) is 0 Å². The maximum absolute atomic E-state index is 9.08. The summed E-state index contributed by atoms with van der Waals surface area (Å²) in [4.78, 5) is 18.2. The van der Waals surface area contributed by atoms with E-state index in [1.165, 1.54) is 8.53 Å². The van der Waals surface area contributed by atoms with E-state index in [-0.39, 0.29) is 0 Å². The Balaban J connectivity index is 0.000000187. The number of carbonyl (C=O) groups excluding carboxylic acids is 2. The van der Waals surface area contributed by atoms with Crippen LogP contribution in [-0.4, -0.2) is 8.53 Å².